The van der Waals surface area contributed by atoms with Crippen LogP contribution in [0.4, 0.5) is 13.2 Å². The van der Waals surface area contributed by atoms with Crippen molar-refractivity contribution in [3.63, 3.8) is 0 Å². The number of nitrogens with zero attached hydrogens (tertiary/aromatic N) is 2. The smallest absolute Gasteiger partial charge is 0.475 e. The number of carbonyl (C=O) groups excluding carboxylic acids is 2. The number of carbonyl (C=O) groups is 3. The third-order valence-electron chi connectivity index (χ3n) is 3.09. The molecule has 0 fully saturated rings. The van der Waals surface area contributed by atoms with Crippen LogP contribution in [0.1, 0.15) is 11.1 Å². The Balaban J connectivity index is 0.000000412. The number of nitrogens with two attached hydrogens (primary N) is 2. The Morgan fingerprint density at radius 1 is 1.35 bits per heavy atom. The van der Waals surface area contributed by atoms with Gasteiger partial charge in [0.05, 0.1) is 6.21 Å². The number of halogens is 3. The predicted octanol–water partition coefficient (Wildman–Crippen LogP) is 0.366. The van der Waals surface area contributed by atoms with E-state index in [1.807, 2.05) is 24.3 Å². The molecule has 0 spiro atoms. The molecule has 1 heterocycles. The molecular formula is C15H15F3N4O4. The first-order valence-electron chi connectivity index (χ1n) is 6.97. The van der Waals surface area contributed by atoms with Crippen molar-refractivity contribution in [2.45, 2.75) is 12.7 Å². The molecule has 0 radical (unpaired) electrons. The highest BCUT2D eigenvalue weighted by molar-refractivity contribution is 6.19. The van der Waals surface area contributed by atoms with Crippen LogP contribution in [0.15, 0.2) is 41.0 Å². The Hall–Kier alpha value is -3.37. The van der Waals surface area contributed by atoms with Gasteiger partial charge in [0, 0.05) is 13.1 Å². The first-order chi connectivity index (χ1) is 12.1. The summed E-state index contributed by atoms with van der Waals surface area (Å²) in [5.41, 5.74) is 6.97. The normalized spacial score (nSPS) is 14.0. The van der Waals surface area contributed by atoms with Crippen molar-refractivity contribution < 1.29 is 32.7 Å². The van der Waals surface area contributed by atoms with Crippen molar-refractivity contribution in [1.82, 2.24) is 4.90 Å². The van der Waals surface area contributed by atoms with Crippen molar-refractivity contribution in [2.24, 2.45) is 16.7 Å². The lowest BCUT2D eigenvalue weighted by Gasteiger charge is -2.16. The van der Waals surface area contributed by atoms with E-state index >= 15 is 0 Å². The number of hydrazone groups is 1. The average molecular weight is 372 g/mol. The number of primary amides is 1. The van der Waals surface area contributed by atoms with Crippen LogP contribution in [0.3, 0.4) is 0 Å². The maximum absolute atomic E-state index is 11.9. The molecule has 1 aliphatic heterocycles. The summed E-state index contributed by atoms with van der Waals surface area (Å²) in [6, 6.07) is 7.49. The fraction of sp³-hybridized carbons (Fsp3) is 0.200. The van der Waals surface area contributed by atoms with Crippen LogP contribution in [0, 0.1) is 0 Å². The zero-order valence-corrected chi connectivity index (χ0v) is 13.2. The molecule has 0 bridgehead atoms. The SMILES string of the molecule is NN=Cc1cccc(CN2CC=C(C(N)=O)C2=O)c1.O=C(O)C(F)(F)F. The van der Waals surface area contributed by atoms with Gasteiger partial charge < -0.3 is 21.6 Å². The van der Waals surface area contributed by atoms with Crippen molar-refractivity contribution in [3.8, 4) is 0 Å². The van der Waals surface area contributed by atoms with E-state index in [1.54, 1.807) is 11.0 Å². The first-order valence-corrected chi connectivity index (χ1v) is 6.97. The Kier molecular flexibility index (Phi) is 6.88. The minimum absolute atomic E-state index is 0.0553. The van der Waals surface area contributed by atoms with E-state index < -0.39 is 18.1 Å². The van der Waals surface area contributed by atoms with Crippen molar-refractivity contribution >= 4 is 24.0 Å². The predicted molar refractivity (Wildman–Crippen MR) is 84.6 cm³/mol. The van der Waals surface area contributed by atoms with Gasteiger partial charge in [-0.1, -0.05) is 18.2 Å². The molecule has 2 rings (SSSR count). The highest BCUT2D eigenvalue weighted by Crippen LogP contribution is 2.15. The van der Waals surface area contributed by atoms with Gasteiger partial charge >= 0.3 is 12.1 Å². The van der Waals surface area contributed by atoms with E-state index in [0.29, 0.717) is 13.1 Å². The maximum atomic E-state index is 11.9. The summed E-state index contributed by atoms with van der Waals surface area (Å²) in [5.74, 6) is 1.32. The molecule has 1 aliphatic rings. The van der Waals surface area contributed by atoms with Gasteiger partial charge in [-0.25, -0.2) is 4.79 Å². The minimum Gasteiger partial charge on any atom is -0.475 e. The van der Waals surface area contributed by atoms with Gasteiger partial charge in [-0.15, -0.1) is 0 Å². The van der Waals surface area contributed by atoms with Gasteiger partial charge in [-0.2, -0.15) is 18.3 Å². The lowest BCUT2D eigenvalue weighted by molar-refractivity contribution is -0.192. The molecule has 5 N–H and O–H groups in total. The highest BCUT2D eigenvalue weighted by atomic mass is 19.4. The van der Waals surface area contributed by atoms with Gasteiger partial charge in [-0.05, 0) is 23.3 Å². The maximum Gasteiger partial charge on any atom is 0.490 e. The Morgan fingerprint density at radius 2 is 1.96 bits per heavy atom. The van der Waals surface area contributed by atoms with Gasteiger partial charge in [0.25, 0.3) is 11.8 Å². The summed E-state index contributed by atoms with van der Waals surface area (Å²) >= 11 is 0. The zero-order chi connectivity index (χ0) is 19.9. The summed E-state index contributed by atoms with van der Waals surface area (Å²) in [4.78, 5) is 33.3. The highest BCUT2D eigenvalue weighted by Gasteiger charge is 2.38. The van der Waals surface area contributed by atoms with E-state index in [2.05, 4.69) is 5.10 Å². The van der Waals surface area contributed by atoms with Crippen LogP contribution < -0.4 is 11.6 Å². The molecular weight excluding hydrogens is 357 g/mol. The second-order valence-electron chi connectivity index (χ2n) is 4.99. The molecule has 26 heavy (non-hydrogen) atoms. The van der Waals surface area contributed by atoms with E-state index in [1.165, 1.54) is 6.21 Å². The largest absolute Gasteiger partial charge is 0.490 e. The van der Waals surface area contributed by atoms with Gasteiger partial charge in [0.15, 0.2) is 0 Å². The lowest BCUT2D eigenvalue weighted by Crippen LogP contribution is -2.30. The van der Waals surface area contributed by atoms with E-state index in [-0.39, 0.29) is 11.5 Å². The van der Waals surface area contributed by atoms with Gasteiger partial charge in [0.1, 0.15) is 5.57 Å². The quantitative estimate of drug-likeness (QED) is 0.303. The molecule has 0 unspecified atom stereocenters. The number of benzene rings is 1. The Labute approximate surface area is 145 Å². The van der Waals surface area contributed by atoms with E-state index in [0.717, 1.165) is 11.1 Å². The van der Waals surface area contributed by atoms with E-state index in [9.17, 15) is 22.8 Å². The summed E-state index contributed by atoms with van der Waals surface area (Å²) in [6.07, 6.45) is -2.00. The molecule has 0 saturated heterocycles. The Morgan fingerprint density at radius 3 is 2.42 bits per heavy atom. The second-order valence-corrected chi connectivity index (χ2v) is 4.99. The fourth-order valence-electron chi connectivity index (χ4n) is 1.96. The third kappa shape index (κ3) is 5.92. The molecule has 2 amide bonds. The van der Waals surface area contributed by atoms with Crippen LogP contribution in [0.25, 0.3) is 0 Å². The van der Waals surface area contributed by atoms with Crippen LogP contribution in [0.2, 0.25) is 0 Å². The van der Waals surface area contributed by atoms with Gasteiger partial charge in [-0.3, -0.25) is 9.59 Å². The Bertz CT molecular complexity index is 760. The average Bonchev–Trinajstić information content (AvgIpc) is 2.89. The minimum atomic E-state index is -5.08. The van der Waals surface area contributed by atoms with Crippen LogP contribution in [-0.2, 0) is 20.9 Å². The summed E-state index contributed by atoms with van der Waals surface area (Å²) in [7, 11) is 0. The second kappa shape index (κ2) is 8.65. The van der Waals surface area contributed by atoms with Gasteiger partial charge in [0.2, 0.25) is 0 Å². The number of carboxylic acid groups (broad SMARTS) is 1. The monoisotopic (exact) mass is 372 g/mol. The third-order valence-corrected chi connectivity index (χ3v) is 3.09. The van der Waals surface area contributed by atoms with Crippen molar-refractivity contribution in [2.75, 3.05) is 6.54 Å². The molecule has 1 aromatic rings. The van der Waals surface area contributed by atoms with Crippen molar-refractivity contribution in [1.29, 1.82) is 0 Å². The topological polar surface area (TPSA) is 139 Å². The van der Waals surface area contributed by atoms with Crippen LogP contribution in [0.5, 0.6) is 0 Å². The molecule has 0 aromatic heterocycles. The number of rotatable bonds is 4. The number of aliphatic carboxylic acids is 1. The standard InChI is InChI=1S/C13H14N4O2.C2HF3O2/c14-12(18)11-4-5-17(13(11)19)8-10-3-1-2-9(6-10)7-16-15;3-2(4,5)1(6)7/h1-4,6-7H,5,8,15H2,(H2,14,18);(H,6,7). The molecule has 0 atom stereocenters. The fourth-order valence-corrected chi connectivity index (χ4v) is 1.96. The number of carboxylic acids is 1. The molecule has 11 heteroatoms. The summed E-state index contributed by atoms with van der Waals surface area (Å²) < 4.78 is 31.7. The number of amides is 2. The number of alkyl halides is 3. The molecule has 0 saturated carbocycles. The van der Waals surface area contributed by atoms with Crippen LogP contribution in [-0.4, -0.2) is 46.7 Å². The molecule has 8 nitrogen and oxygen atoms in total. The zero-order valence-electron chi connectivity index (χ0n) is 13.2. The van der Waals surface area contributed by atoms with Crippen molar-refractivity contribution in [3.05, 3.63) is 47.0 Å². The summed E-state index contributed by atoms with van der Waals surface area (Å²) in [5, 5.41) is 10.6. The number of hydrogen-bond donors (Lipinski definition) is 3. The number of hydrogen-bond acceptors (Lipinski definition) is 5. The first kappa shape index (κ1) is 20.7. The summed E-state index contributed by atoms with van der Waals surface area (Å²) in [6.45, 7) is 0.810. The molecule has 1 aromatic carbocycles. The molecule has 140 valence electrons. The molecule has 0 aliphatic carbocycles. The van der Waals surface area contributed by atoms with Crippen LogP contribution >= 0.6 is 0 Å². The van der Waals surface area contributed by atoms with E-state index in [4.69, 9.17) is 21.5 Å². The lowest BCUT2D eigenvalue weighted by atomic mass is 10.1.